The SMILES string of the molecule is CCN(CC)CCNC(=O)c1c(C)[nH]c(/C=C2\C(=O)Nc3ccc(OC(=O)CCC(=O)OC(C)C(=O)OC(C)C(=O)O)cc32)c1C. The number of H-pyrrole nitrogens is 1. The Morgan fingerprint density at radius 1 is 1.00 bits per heavy atom. The number of benzene rings is 1. The van der Waals surface area contributed by atoms with Crippen molar-refractivity contribution in [2.24, 2.45) is 0 Å². The van der Waals surface area contributed by atoms with Gasteiger partial charge in [0.1, 0.15) is 5.75 Å². The summed E-state index contributed by atoms with van der Waals surface area (Å²) in [5.41, 5.74) is 3.72. The standard InChI is InChI=1S/C32H40N4O10/c1-7-36(8-2)14-13-33-30(40)28-17(3)25(34-18(28)4)16-23-22-15-21(9-10-24(22)35-29(23)39)46-27(38)12-11-26(37)44-20(6)32(43)45-19(5)31(41)42/h9-10,15-16,19-20,34H,7-8,11-14H2,1-6H3,(H,33,40)(H,35,39)(H,41,42)/b23-16-. The summed E-state index contributed by atoms with van der Waals surface area (Å²) in [7, 11) is 0. The molecule has 2 atom stereocenters. The van der Waals surface area contributed by atoms with Crippen molar-refractivity contribution in [2.45, 2.75) is 66.6 Å². The first-order valence-corrected chi connectivity index (χ1v) is 15.0. The van der Waals surface area contributed by atoms with Crippen molar-refractivity contribution in [1.29, 1.82) is 0 Å². The van der Waals surface area contributed by atoms with Crippen molar-refractivity contribution in [2.75, 3.05) is 31.5 Å². The number of ether oxygens (including phenoxy) is 3. The number of amides is 2. The van der Waals surface area contributed by atoms with Gasteiger partial charge in [0.2, 0.25) is 0 Å². The first-order chi connectivity index (χ1) is 21.7. The normalized spacial score (nSPS) is 14.3. The summed E-state index contributed by atoms with van der Waals surface area (Å²) in [6.07, 6.45) is -1.92. The minimum absolute atomic E-state index is 0.131. The van der Waals surface area contributed by atoms with Crippen LogP contribution in [0, 0.1) is 13.8 Å². The molecule has 46 heavy (non-hydrogen) atoms. The van der Waals surface area contributed by atoms with Gasteiger partial charge in [-0.05, 0) is 70.6 Å². The van der Waals surface area contributed by atoms with Gasteiger partial charge >= 0.3 is 23.9 Å². The number of nitrogens with one attached hydrogen (secondary N) is 3. The second kappa shape index (κ2) is 15.8. The van der Waals surface area contributed by atoms with Crippen molar-refractivity contribution in [3.63, 3.8) is 0 Å². The van der Waals surface area contributed by atoms with Crippen LogP contribution in [0.25, 0.3) is 11.6 Å². The molecule has 14 nitrogen and oxygen atoms in total. The van der Waals surface area contributed by atoms with Crippen LogP contribution in [0.4, 0.5) is 5.69 Å². The number of carboxylic acid groups (broad SMARTS) is 1. The summed E-state index contributed by atoms with van der Waals surface area (Å²) >= 11 is 0. The molecule has 1 aromatic carbocycles. The number of carbonyl (C=O) groups is 6. The lowest BCUT2D eigenvalue weighted by Crippen LogP contribution is -2.35. The number of carbonyl (C=O) groups excluding carboxylic acids is 5. The molecule has 1 aliphatic rings. The molecule has 3 rings (SSSR count). The number of aliphatic carboxylic acids is 1. The second-order valence-electron chi connectivity index (χ2n) is 10.7. The van der Waals surface area contributed by atoms with Crippen LogP contribution in [0.15, 0.2) is 18.2 Å². The Balaban J connectivity index is 1.65. The van der Waals surface area contributed by atoms with Gasteiger partial charge in [0.25, 0.3) is 11.8 Å². The smallest absolute Gasteiger partial charge is 0.347 e. The van der Waals surface area contributed by atoms with Gasteiger partial charge in [0, 0.05) is 35.7 Å². The first-order valence-electron chi connectivity index (χ1n) is 15.0. The molecular formula is C32H40N4O10. The fourth-order valence-corrected chi connectivity index (χ4v) is 4.74. The average Bonchev–Trinajstić information content (AvgIpc) is 3.47. The van der Waals surface area contributed by atoms with Gasteiger partial charge < -0.3 is 39.8 Å². The summed E-state index contributed by atoms with van der Waals surface area (Å²) in [5, 5.41) is 14.5. The van der Waals surface area contributed by atoms with E-state index in [-0.39, 0.29) is 24.0 Å². The molecule has 248 valence electrons. The highest BCUT2D eigenvalue weighted by Crippen LogP contribution is 2.36. The van der Waals surface area contributed by atoms with Gasteiger partial charge in [-0.25, -0.2) is 9.59 Å². The van der Waals surface area contributed by atoms with Gasteiger partial charge in [-0.1, -0.05) is 13.8 Å². The third-order valence-corrected chi connectivity index (χ3v) is 7.42. The average molecular weight is 641 g/mol. The van der Waals surface area contributed by atoms with E-state index < -0.39 is 42.5 Å². The highest BCUT2D eigenvalue weighted by molar-refractivity contribution is 6.35. The number of anilines is 1. The van der Waals surface area contributed by atoms with Crippen LogP contribution >= 0.6 is 0 Å². The summed E-state index contributed by atoms with van der Waals surface area (Å²) in [6, 6.07) is 4.59. The molecule has 0 aliphatic carbocycles. The number of fused-ring (bicyclic) bond motifs is 1. The number of aromatic nitrogens is 1. The lowest BCUT2D eigenvalue weighted by atomic mass is 10.0. The molecule has 14 heteroatoms. The van der Waals surface area contributed by atoms with Crippen molar-refractivity contribution < 1.29 is 48.1 Å². The van der Waals surface area contributed by atoms with Crippen LogP contribution < -0.4 is 15.4 Å². The fraction of sp³-hybridized carbons (Fsp3) is 0.438. The summed E-state index contributed by atoms with van der Waals surface area (Å²) < 4.78 is 14.9. The lowest BCUT2D eigenvalue weighted by molar-refractivity contribution is -0.175. The van der Waals surface area contributed by atoms with Gasteiger partial charge in [-0.15, -0.1) is 0 Å². The summed E-state index contributed by atoms with van der Waals surface area (Å²) in [4.78, 5) is 78.5. The second-order valence-corrected chi connectivity index (χ2v) is 10.7. The van der Waals surface area contributed by atoms with E-state index in [0.717, 1.165) is 26.6 Å². The highest BCUT2D eigenvalue weighted by atomic mass is 16.6. The molecular weight excluding hydrogens is 600 g/mol. The zero-order valence-corrected chi connectivity index (χ0v) is 26.8. The minimum Gasteiger partial charge on any atom is -0.479 e. The number of aryl methyl sites for hydroxylation is 1. The van der Waals surface area contributed by atoms with Crippen LogP contribution in [-0.2, 0) is 33.4 Å². The van der Waals surface area contributed by atoms with Crippen molar-refractivity contribution in [3.05, 3.63) is 46.3 Å². The highest BCUT2D eigenvalue weighted by Gasteiger charge is 2.27. The summed E-state index contributed by atoms with van der Waals surface area (Å²) in [6.45, 7) is 13.1. The van der Waals surface area contributed by atoms with E-state index in [9.17, 15) is 28.8 Å². The van der Waals surface area contributed by atoms with Crippen LogP contribution in [0.1, 0.15) is 73.4 Å². The van der Waals surface area contributed by atoms with E-state index in [4.69, 9.17) is 14.6 Å². The van der Waals surface area contributed by atoms with Gasteiger partial charge in [-0.2, -0.15) is 0 Å². The zero-order chi connectivity index (χ0) is 34.1. The Labute approximate surface area is 266 Å². The first kappa shape index (κ1) is 35.5. The number of carboxylic acids is 1. The third-order valence-electron chi connectivity index (χ3n) is 7.42. The van der Waals surface area contributed by atoms with E-state index in [0.29, 0.717) is 45.9 Å². The minimum atomic E-state index is -1.41. The molecule has 2 aromatic rings. The van der Waals surface area contributed by atoms with Gasteiger partial charge in [0.15, 0.2) is 12.2 Å². The van der Waals surface area contributed by atoms with Crippen LogP contribution in [0.3, 0.4) is 0 Å². The predicted molar refractivity (Wildman–Crippen MR) is 167 cm³/mol. The quantitative estimate of drug-likeness (QED) is 0.127. The number of likely N-dealkylation sites (N-methyl/N-ethyl adjacent to an activating group) is 1. The number of hydrogen-bond acceptors (Lipinski definition) is 10. The maximum atomic E-state index is 13.0. The molecule has 4 N–H and O–H groups in total. The Morgan fingerprint density at radius 2 is 1.67 bits per heavy atom. The van der Waals surface area contributed by atoms with Crippen molar-refractivity contribution in [1.82, 2.24) is 15.2 Å². The maximum Gasteiger partial charge on any atom is 0.347 e. The third kappa shape index (κ3) is 9.03. The van der Waals surface area contributed by atoms with Crippen LogP contribution in [-0.4, -0.2) is 89.1 Å². The van der Waals surface area contributed by atoms with E-state index in [1.807, 2.05) is 0 Å². The van der Waals surface area contributed by atoms with E-state index in [1.54, 1.807) is 26.0 Å². The molecule has 0 radical (unpaired) electrons. The van der Waals surface area contributed by atoms with E-state index in [2.05, 4.69) is 39.1 Å². The number of esters is 3. The van der Waals surface area contributed by atoms with Crippen LogP contribution in [0.2, 0.25) is 0 Å². The predicted octanol–water partition coefficient (Wildman–Crippen LogP) is 2.83. The molecule has 0 saturated carbocycles. The summed E-state index contributed by atoms with van der Waals surface area (Å²) in [5.74, 6) is -4.48. The number of rotatable bonds is 15. The molecule has 0 fully saturated rings. The Morgan fingerprint density at radius 3 is 2.33 bits per heavy atom. The van der Waals surface area contributed by atoms with Gasteiger partial charge in [-0.3, -0.25) is 19.2 Å². The largest absolute Gasteiger partial charge is 0.479 e. The molecule has 2 heterocycles. The molecule has 0 spiro atoms. The number of hydrogen-bond donors (Lipinski definition) is 4. The fourth-order valence-electron chi connectivity index (χ4n) is 4.74. The van der Waals surface area contributed by atoms with Crippen molar-refractivity contribution >= 4 is 53.0 Å². The monoisotopic (exact) mass is 640 g/mol. The number of nitrogens with zero attached hydrogens (tertiary/aromatic N) is 1. The van der Waals surface area contributed by atoms with E-state index in [1.165, 1.54) is 19.1 Å². The number of aromatic amines is 1. The molecule has 2 unspecified atom stereocenters. The molecule has 2 amide bonds. The molecule has 0 saturated heterocycles. The molecule has 1 aromatic heterocycles. The Hall–Kier alpha value is -4.98. The van der Waals surface area contributed by atoms with Crippen LogP contribution in [0.5, 0.6) is 5.75 Å². The Bertz CT molecular complexity index is 1540. The zero-order valence-electron chi connectivity index (χ0n) is 26.8. The maximum absolute atomic E-state index is 13.0. The molecule has 0 bridgehead atoms. The molecule has 1 aliphatic heterocycles. The topological polar surface area (TPSA) is 193 Å². The Kier molecular flexibility index (Phi) is 12.2. The lowest BCUT2D eigenvalue weighted by Gasteiger charge is -2.18. The van der Waals surface area contributed by atoms with E-state index >= 15 is 0 Å². The van der Waals surface area contributed by atoms with Crippen molar-refractivity contribution in [3.8, 4) is 5.75 Å². The van der Waals surface area contributed by atoms with Gasteiger partial charge in [0.05, 0.1) is 24.0 Å².